The summed E-state index contributed by atoms with van der Waals surface area (Å²) in [5.41, 5.74) is 4.88. The van der Waals surface area contributed by atoms with Crippen molar-refractivity contribution in [2.45, 2.75) is 13.8 Å². The highest BCUT2D eigenvalue weighted by Gasteiger charge is 2.17. The molecule has 7 heteroatoms. The number of benzene rings is 2. The predicted molar refractivity (Wildman–Crippen MR) is 108 cm³/mol. The van der Waals surface area contributed by atoms with Gasteiger partial charge < -0.3 is 14.0 Å². The van der Waals surface area contributed by atoms with E-state index in [1.807, 2.05) is 38.1 Å². The number of hydrogen-bond donors (Lipinski definition) is 0. The quantitative estimate of drug-likeness (QED) is 0.364. The van der Waals surface area contributed by atoms with E-state index in [1.165, 1.54) is 12.1 Å². The maximum absolute atomic E-state index is 10.8. The molecule has 0 N–H and O–H groups in total. The number of fused-ring (bicyclic) bond motifs is 1. The van der Waals surface area contributed by atoms with Crippen LogP contribution >= 0.6 is 0 Å². The average Bonchev–Trinajstić information content (AvgIpc) is 3.29. The van der Waals surface area contributed by atoms with Crippen LogP contribution in [0, 0.1) is 35.3 Å². The van der Waals surface area contributed by atoms with Gasteiger partial charge >= 0.3 is 0 Å². The standard InChI is InChI=1S/C22H17N3O4/c1-14-9-17(10-18(12-23)16-3-5-19(6-4-16)25(26)27)15(2)24(14)20-7-8-21-22(11-20)29-13-28-21/h3-11H,13H2,1-2H3/b18-10-. The number of rotatable bonds is 4. The second kappa shape index (κ2) is 7.17. The molecular weight excluding hydrogens is 370 g/mol. The van der Waals surface area contributed by atoms with Gasteiger partial charge in [-0.2, -0.15) is 5.26 Å². The largest absolute Gasteiger partial charge is 0.454 e. The van der Waals surface area contributed by atoms with Crippen LogP contribution in [0.15, 0.2) is 48.5 Å². The number of hydrogen-bond acceptors (Lipinski definition) is 5. The molecule has 0 bridgehead atoms. The third-order valence-corrected chi connectivity index (χ3v) is 4.89. The number of non-ortho nitro benzene ring substituents is 1. The first-order chi connectivity index (χ1) is 14.0. The first kappa shape index (κ1) is 18.3. The summed E-state index contributed by atoms with van der Waals surface area (Å²) < 4.78 is 12.9. The maximum Gasteiger partial charge on any atom is 0.269 e. The Morgan fingerprint density at radius 1 is 1.14 bits per heavy atom. The van der Waals surface area contributed by atoms with Gasteiger partial charge in [-0.3, -0.25) is 10.1 Å². The minimum atomic E-state index is -0.460. The third-order valence-electron chi connectivity index (χ3n) is 4.89. The van der Waals surface area contributed by atoms with Crippen LogP contribution in [0.5, 0.6) is 11.5 Å². The van der Waals surface area contributed by atoms with Gasteiger partial charge in [0, 0.05) is 35.3 Å². The zero-order chi connectivity index (χ0) is 20.5. The Morgan fingerprint density at radius 3 is 2.55 bits per heavy atom. The highest BCUT2D eigenvalue weighted by molar-refractivity contribution is 5.90. The van der Waals surface area contributed by atoms with Crippen molar-refractivity contribution in [1.29, 1.82) is 5.26 Å². The minimum Gasteiger partial charge on any atom is -0.454 e. The van der Waals surface area contributed by atoms with Crippen molar-refractivity contribution in [3.05, 3.63) is 81.2 Å². The van der Waals surface area contributed by atoms with E-state index in [0.717, 1.165) is 28.4 Å². The highest BCUT2D eigenvalue weighted by Crippen LogP contribution is 2.35. The Hall–Kier alpha value is -4.05. The lowest BCUT2D eigenvalue weighted by atomic mass is 10.0. The number of aryl methyl sites for hydroxylation is 1. The van der Waals surface area contributed by atoms with E-state index in [4.69, 9.17) is 9.47 Å². The summed E-state index contributed by atoms with van der Waals surface area (Å²) in [6, 6.07) is 15.9. The molecule has 1 aliphatic rings. The molecule has 29 heavy (non-hydrogen) atoms. The monoisotopic (exact) mass is 387 g/mol. The number of nitro benzene ring substituents is 1. The van der Waals surface area contributed by atoms with Gasteiger partial charge in [0.05, 0.1) is 16.6 Å². The topological polar surface area (TPSA) is 90.3 Å². The van der Waals surface area contributed by atoms with Gasteiger partial charge in [-0.1, -0.05) is 0 Å². The van der Waals surface area contributed by atoms with Gasteiger partial charge in [0.1, 0.15) is 0 Å². The number of allylic oxidation sites excluding steroid dienone is 1. The molecule has 1 aliphatic heterocycles. The Balaban J connectivity index is 1.73. The van der Waals surface area contributed by atoms with Crippen molar-refractivity contribution in [2.75, 3.05) is 6.79 Å². The fourth-order valence-electron chi connectivity index (χ4n) is 3.45. The summed E-state index contributed by atoms with van der Waals surface area (Å²) >= 11 is 0. The van der Waals surface area contributed by atoms with Crippen LogP contribution in [0.1, 0.15) is 22.5 Å². The molecule has 2 heterocycles. The van der Waals surface area contributed by atoms with Gasteiger partial charge in [0.2, 0.25) is 6.79 Å². The SMILES string of the molecule is Cc1cc(/C=C(/C#N)c2ccc([N+](=O)[O-])cc2)c(C)n1-c1ccc2c(c1)OCO2. The predicted octanol–water partition coefficient (Wildman–Crippen LogP) is 4.80. The van der Waals surface area contributed by atoms with E-state index >= 15 is 0 Å². The third kappa shape index (κ3) is 3.32. The van der Waals surface area contributed by atoms with Gasteiger partial charge in [0.15, 0.2) is 11.5 Å². The highest BCUT2D eigenvalue weighted by atomic mass is 16.7. The fraction of sp³-hybridized carbons (Fsp3) is 0.136. The number of nitro groups is 1. The molecule has 0 saturated heterocycles. The smallest absolute Gasteiger partial charge is 0.269 e. The number of nitrogens with zero attached hydrogens (tertiary/aromatic N) is 3. The molecule has 0 radical (unpaired) electrons. The van der Waals surface area contributed by atoms with Crippen LogP contribution in [-0.4, -0.2) is 16.3 Å². The van der Waals surface area contributed by atoms with Crippen LogP contribution in [0.2, 0.25) is 0 Å². The van der Waals surface area contributed by atoms with Crippen LogP contribution < -0.4 is 9.47 Å². The van der Waals surface area contributed by atoms with Gasteiger partial charge in [-0.05, 0) is 61.4 Å². The minimum absolute atomic E-state index is 0.00738. The molecule has 7 nitrogen and oxygen atoms in total. The fourth-order valence-corrected chi connectivity index (χ4v) is 3.45. The second-order valence-electron chi connectivity index (χ2n) is 6.67. The molecule has 3 aromatic rings. The lowest BCUT2D eigenvalue weighted by Crippen LogP contribution is -1.99. The summed E-state index contributed by atoms with van der Waals surface area (Å²) in [6.45, 7) is 4.19. The van der Waals surface area contributed by atoms with Gasteiger partial charge in [0.25, 0.3) is 5.69 Å². The lowest BCUT2D eigenvalue weighted by Gasteiger charge is -2.10. The molecule has 0 amide bonds. The lowest BCUT2D eigenvalue weighted by molar-refractivity contribution is -0.384. The second-order valence-corrected chi connectivity index (χ2v) is 6.67. The van der Waals surface area contributed by atoms with Crippen LogP contribution in [-0.2, 0) is 0 Å². The van der Waals surface area contributed by atoms with E-state index in [2.05, 4.69) is 10.6 Å². The van der Waals surface area contributed by atoms with Crippen molar-refractivity contribution in [2.24, 2.45) is 0 Å². The Morgan fingerprint density at radius 2 is 1.86 bits per heavy atom. The molecule has 144 valence electrons. The summed E-state index contributed by atoms with van der Waals surface area (Å²) in [7, 11) is 0. The first-order valence-corrected chi connectivity index (χ1v) is 8.93. The summed E-state index contributed by atoms with van der Waals surface area (Å²) in [4.78, 5) is 10.4. The zero-order valence-electron chi connectivity index (χ0n) is 15.9. The van der Waals surface area contributed by atoms with Crippen molar-refractivity contribution < 1.29 is 14.4 Å². The van der Waals surface area contributed by atoms with Crippen molar-refractivity contribution in [3.63, 3.8) is 0 Å². The maximum atomic E-state index is 10.8. The molecule has 0 aliphatic carbocycles. The van der Waals surface area contributed by atoms with Crippen molar-refractivity contribution in [1.82, 2.24) is 4.57 Å². The number of nitriles is 1. The summed E-state index contributed by atoms with van der Waals surface area (Å²) in [5.74, 6) is 1.43. The van der Waals surface area contributed by atoms with E-state index in [1.54, 1.807) is 18.2 Å². The van der Waals surface area contributed by atoms with E-state index in [0.29, 0.717) is 16.9 Å². The molecule has 0 unspecified atom stereocenters. The van der Waals surface area contributed by atoms with E-state index < -0.39 is 4.92 Å². The summed E-state index contributed by atoms with van der Waals surface area (Å²) in [5, 5.41) is 20.5. The van der Waals surface area contributed by atoms with E-state index in [-0.39, 0.29) is 12.5 Å². The van der Waals surface area contributed by atoms with E-state index in [9.17, 15) is 15.4 Å². The molecule has 0 saturated carbocycles. The van der Waals surface area contributed by atoms with Crippen LogP contribution in [0.25, 0.3) is 17.3 Å². The van der Waals surface area contributed by atoms with Crippen molar-refractivity contribution >= 4 is 17.3 Å². The average molecular weight is 387 g/mol. The van der Waals surface area contributed by atoms with Crippen molar-refractivity contribution in [3.8, 4) is 23.3 Å². The Kier molecular flexibility index (Phi) is 4.53. The molecule has 0 fully saturated rings. The molecule has 0 atom stereocenters. The number of ether oxygens (including phenoxy) is 2. The molecule has 4 rings (SSSR count). The molecule has 2 aromatic carbocycles. The normalized spacial score (nSPS) is 12.7. The molecule has 1 aromatic heterocycles. The van der Waals surface area contributed by atoms with Gasteiger partial charge in [-0.15, -0.1) is 0 Å². The first-order valence-electron chi connectivity index (χ1n) is 8.93. The van der Waals surface area contributed by atoms with Crippen LogP contribution in [0.3, 0.4) is 0 Å². The zero-order valence-corrected chi connectivity index (χ0v) is 15.9. The molecular formula is C22H17N3O4. The van der Waals surface area contributed by atoms with Crippen LogP contribution in [0.4, 0.5) is 5.69 Å². The Labute approximate surface area is 167 Å². The molecule has 0 spiro atoms. The van der Waals surface area contributed by atoms with Gasteiger partial charge in [-0.25, -0.2) is 0 Å². The Bertz CT molecular complexity index is 1180. The number of aromatic nitrogens is 1. The summed E-state index contributed by atoms with van der Waals surface area (Å²) in [6.07, 6.45) is 1.80.